The Kier molecular flexibility index (Phi) is 6.94. The second kappa shape index (κ2) is 10.3. The molecule has 1 atom stereocenters. The van der Waals surface area contributed by atoms with Crippen LogP contribution in [-0.4, -0.2) is 48.3 Å². The van der Waals surface area contributed by atoms with Crippen molar-refractivity contribution in [3.63, 3.8) is 0 Å². The van der Waals surface area contributed by atoms with Crippen molar-refractivity contribution in [1.82, 2.24) is 19.5 Å². The number of sulfonamides is 1. The predicted octanol–water partition coefficient (Wildman–Crippen LogP) is 3.38. The van der Waals surface area contributed by atoms with Crippen LogP contribution < -0.4 is 10.0 Å². The van der Waals surface area contributed by atoms with Crippen molar-refractivity contribution >= 4 is 21.6 Å². The van der Waals surface area contributed by atoms with E-state index in [0.717, 1.165) is 55.9 Å². The molecule has 0 saturated carbocycles. The summed E-state index contributed by atoms with van der Waals surface area (Å²) in [5.41, 5.74) is 1.81. The number of carbonyl (C=O) groups excluding carboxylic acids is 1. The maximum Gasteiger partial charge on any atom is 0.255 e. The molecule has 5 rings (SSSR count). The Bertz CT molecular complexity index is 1300. The summed E-state index contributed by atoms with van der Waals surface area (Å²) in [4.78, 5) is 12.9. The Morgan fingerprint density at radius 2 is 1.91 bits per heavy atom. The summed E-state index contributed by atoms with van der Waals surface area (Å²) in [6, 6.07) is 13.5. The lowest BCUT2D eigenvalue weighted by Crippen LogP contribution is -2.32. The molecule has 9 nitrogen and oxygen atoms in total. The molecule has 10 heteroatoms. The number of amides is 1. The molecule has 3 heterocycles. The lowest BCUT2D eigenvalue weighted by molar-refractivity contribution is 0.102. The molecule has 2 aromatic carbocycles. The minimum absolute atomic E-state index is 0.0472. The van der Waals surface area contributed by atoms with Crippen LogP contribution in [0, 0.1) is 0 Å². The molecule has 184 valence electrons. The van der Waals surface area contributed by atoms with Gasteiger partial charge in [-0.2, -0.15) is 0 Å². The van der Waals surface area contributed by atoms with E-state index in [1.807, 2.05) is 24.3 Å². The number of carbonyl (C=O) groups is 1. The van der Waals surface area contributed by atoms with E-state index < -0.39 is 10.0 Å². The Morgan fingerprint density at radius 1 is 1.06 bits per heavy atom. The molecular weight excluding hydrogens is 466 g/mol. The fourth-order valence-electron chi connectivity index (χ4n) is 4.50. The van der Waals surface area contributed by atoms with Gasteiger partial charge in [0.15, 0.2) is 5.82 Å². The molecule has 2 aliphatic heterocycles. The molecule has 0 aliphatic carbocycles. The standard InChI is InChI=1S/C25H29N5O4S/c31-25(19-6-4-8-22(16-19)35(32,33)26-17-21-7-5-15-34-21)27-20-12-10-18(11-13-20)24-29-28-23-9-2-1-3-14-30(23)24/h4,6,8,10-13,16,21,26H,1-3,5,7,9,14-15,17H2,(H,27,31). The highest BCUT2D eigenvalue weighted by Gasteiger charge is 2.21. The van der Waals surface area contributed by atoms with Crippen LogP contribution in [0.2, 0.25) is 0 Å². The lowest BCUT2D eigenvalue weighted by Gasteiger charge is -2.12. The van der Waals surface area contributed by atoms with Crippen molar-refractivity contribution < 1.29 is 17.9 Å². The molecule has 1 unspecified atom stereocenters. The van der Waals surface area contributed by atoms with Crippen molar-refractivity contribution in [2.45, 2.75) is 56.1 Å². The van der Waals surface area contributed by atoms with E-state index in [0.29, 0.717) is 12.3 Å². The SMILES string of the molecule is O=C(Nc1ccc(-c2nnc3n2CCCCC3)cc1)c1cccc(S(=O)(=O)NCC2CCCO2)c1. The first kappa shape index (κ1) is 23.7. The monoisotopic (exact) mass is 495 g/mol. The highest BCUT2D eigenvalue weighted by molar-refractivity contribution is 7.89. The number of aryl methyl sites for hydroxylation is 1. The Morgan fingerprint density at radius 3 is 2.71 bits per heavy atom. The van der Waals surface area contributed by atoms with E-state index in [1.165, 1.54) is 18.6 Å². The fraction of sp³-hybridized carbons (Fsp3) is 0.400. The van der Waals surface area contributed by atoms with Gasteiger partial charge in [-0.1, -0.05) is 12.5 Å². The molecule has 2 N–H and O–H groups in total. The van der Waals surface area contributed by atoms with E-state index in [-0.39, 0.29) is 29.0 Å². The maximum absolute atomic E-state index is 12.8. The van der Waals surface area contributed by atoms with Crippen molar-refractivity contribution in [2.24, 2.45) is 0 Å². The second-order valence-corrected chi connectivity index (χ2v) is 10.7. The summed E-state index contributed by atoms with van der Waals surface area (Å²) >= 11 is 0. The second-order valence-electron chi connectivity index (χ2n) is 8.95. The van der Waals surface area contributed by atoms with Crippen LogP contribution in [0.15, 0.2) is 53.4 Å². The van der Waals surface area contributed by atoms with Gasteiger partial charge >= 0.3 is 0 Å². The number of benzene rings is 2. The zero-order valence-corrected chi connectivity index (χ0v) is 20.3. The number of anilines is 1. The largest absolute Gasteiger partial charge is 0.377 e. The quantitative estimate of drug-likeness (QED) is 0.519. The third kappa shape index (κ3) is 5.44. The molecule has 0 spiro atoms. The van der Waals surface area contributed by atoms with Gasteiger partial charge in [0.25, 0.3) is 5.91 Å². The van der Waals surface area contributed by atoms with Crippen molar-refractivity contribution in [2.75, 3.05) is 18.5 Å². The van der Waals surface area contributed by atoms with E-state index >= 15 is 0 Å². The zero-order valence-electron chi connectivity index (χ0n) is 19.4. The van der Waals surface area contributed by atoms with Gasteiger partial charge < -0.3 is 14.6 Å². The van der Waals surface area contributed by atoms with Crippen LogP contribution in [0.4, 0.5) is 5.69 Å². The zero-order chi connectivity index (χ0) is 24.3. The predicted molar refractivity (Wildman–Crippen MR) is 132 cm³/mol. The minimum Gasteiger partial charge on any atom is -0.377 e. The molecule has 3 aromatic rings. The Labute approximate surface area is 205 Å². The number of nitrogens with zero attached hydrogens (tertiary/aromatic N) is 3. The van der Waals surface area contributed by atoms with Crippen LogP contribution in [0.5, 0.6) is 0 Å². The first-order valence-electron chi connectivity index (χ1n) is 12.0. The number of nitrogens with one attached hydrogen (secondary N) is 2. The van der Waals surface area contributed by atoms with Crippen molar-refractivity contribution in [1.29, 1.82) is 0 Å². The lowest BCUT2D eigenvalue weighted by atomic mass is 10.1. The summed E-state index contributed by atoms with van der Waals surface area (Å²) in [5.74, 6) is 1.48. The first-order chi connectivity index (χ1) is 17.0. The van der Waals surface area contributed by atoms with Gasteiger partial charge in [0.1, 0.15) is 5.82 Å². The number of fused-ring (bicyclic) bond motifs is 1. The van der Waals surface area contributed by atoms with Gasteiger partial charge in [0.2, 0.25) is 10.0 Å². The summed E-state index contributed by atoms with van der Waals surface area (Å²) < 4.78 is 35.6. The van der Waals surface area contributed by atoms with Gasteiger partial charge in [-0.25, -0.2) is 13.1 Å². The van der Waals surface area contributed by atoms with Crippen molar-refractivity contribution in [3.05, 3.63) is 59.9 Å². The summed E-state index contributed by atoms with van der Waals surface area (Å²) in [6.45, 7) is 1.79. The van der Waals surface area contributed by atoms with Crippen LogP contribution in [-0.2, 0) is 27.7 Å². The van der Waals surface area contributed by atoms with Gasteiger partial charge in [-0.05, 0) is 68.1 Å². The average molecular weight is 496 g/mol. The molecule has 1 amide bonds. The number of hydrogen-bond acceptors (Lipinski definition) is 6. The highest BCUT2D eigenvalue weighted by atomic mass is 32.2. The minimum atomic E-state index is -3.74. The highest BCUT2D eigenvalue weighted by Crippen LogP contribution is 2.24. The van der Waals surface area contributed by atoms with E-state index in [9.17, 15) is 13.2 Å². The topological polar surface area (TPSA) is 115 Å². The maximum atomic E-state index is 12.8. The number of aromatic nitrogens is 3. The van der Waals surface area contributed by atoms with Crippen LogP contribution in [0.1, 0.15) is 48.3 Å². The molecule has 2 aliphatic rings. The average Bonchev–Trinajstić information content (AvgIpc) is 3.48. The van der Waals surface area contributed by atoms with E-state index in [2.05, 4.69) is 24.8 Å². The van der Waals surface area contributed by atoms with Gasteiger partial charge in [-0.3, -0.25) is 4.79 Å². The summed E-state index contributed by atoms with van der Waals surface area (Å²) in [6.07, 6.45) is 6.06. The molecule has 1 fully saturated rings. The van der Waals surface area contributed by atoms with Crippen LogP contribution in [0.25, 0.3) is 11.4 Å². The molecular formula is C25H29N5O4S. The first-order valence-corrected chi connectivity index (χ1v) is 13.5. The molecule has 0 bridgehead atoms. The van der Waals surface area contributed by atoms with Crippen LogP contribution >= 0.6 is 0 Å². The van der Waals surface area contributed by atoms with Crippen molar-refractivity contribution in [3.8, 4) is 11.4 Å². The van der Waals surface area contributed by atoms with Crippen LogP contribution in [0.3, 0.4) is 0 Å². The normalized spacial score (nSPS) is 18.1. The molecule has 35 heavy (non-hydrogen) atoms. The summed E-state index contributed by atoms with van der Waals surface area (Å²) in [5, 5.41) is 11.6. The van der Waals surface area contributed by atoms with E-state index in [1.54, 1.807) is 12.1 Å². The third-order valence-corrected chi connectivity index (χ3v) is 7.86. The number of rotatable bonds is 7. The van der Waals surface area contributed by atoms with Gasteiger partial charge in [0.05, 0.1) is 11.0 Å². The third-order valence-electron chi connectivity index (χ3n) is 6.44. The molecule has 1 aromatic heterocycles. The Hall–Kier alpha value is -3.08. The smallest absolute Gasteiger partial charge is 0.255 e. The Balaban J connectivity index is 1.26. The molecule has 0 radical (unpaired) electrons. The van der Waals surface area contributed by atoms with Gasteiger partial charge in [-0.15, -0.1) is 10.2 Å². The van der Waals surface area contributed by atoms with Gasteiger partial charge in [0, 0.05) is 42.9 Å². The molecule has 1 saturated heterocycles. The van der Waals surface area contributed by atoms with E-state index in [4.69, 9.17) is 4.74 Å². The summed E-state index contributed by atoms with van der Waals surface area (Å²) in [7, 11) is -3.74. The number of ether oxygens (including phenoxy) is 1. The number of hydrogen-bond donors (Lipinski definition) is 2. The fourth-order valence-corrected chi connectivity index (χ4v) is 5.61.